The van der Waals surface area contributed by atoms with E-state index in [1.165, 1.54) is 13.1 Å². The lowest BCUT2D eigenvalue weighted by atomic mass is 10.8. The van der Waals surface area contributed by atoms with Crippen molar-refractivity contribution in [2.45, 2.75) is 6.92 Å². The van der Waals surface area contributed by atoms with Gasteiger partial charge in [-0.05, 0) is 6.92 Å². The number of hydrogen-bond acceptors (Lipinski definition) is 2. The van der Waals surface area contributed by atoms with Gasteiger partial charge in [0.25, 0.3) is 0 Å². The van der Waals surface area contributed by atoms with Crippen LogP contribution in [-0.4, -0.2) is 44.8 Å². The van der Waals surface area contributed by atoms with Crippen LogP contribution in [0.5, 0.6) is 0 Å². The van der Waals surface area contributed by atoms with Crippen molar-refractivity contribution in [3.05, 3.63) is 0 Å². The molecule has 1 aliphatic rings. The van der Waals surface area contributed by atoms with Crippen LogP contribution in [0.25, 0.3) is 0 Å². The van der Waals surface area contributed by atoms with Crippen molar-refractivity contribution >= 4 is 0 Å². The lowest BCUT2D eigenvalue weighted by Gasteiger charge is -2.15. The molecule has 0 atom stereocenters. The molecule has 1 heterocycles. The van der Waals surface area contributed by atoms with Gasteiger partial charge in [-0.25, -0.2) is 0 Å². The fourth-order valence-electron chi connectivity index (χ4n) is 0.996. The first-order valence-corrected chi connectivity index (χ1v) is 3.75. The molecule has 1 fully saturated rings. The molecule has 0 aliphatic carbocycles. The van der Waals surface area contributed by atoms with E-state index in [1.54, 1.807) is 7.11 Å². The first-order chi connectivity index (χ1) is 4.83. The molecular formula is C7H16NO2+. The largest absolute Gasteiger partial charge is 0.335 e. The zero-order chi connectivity index (χ0) is 7.45. The Kier molecular flexibility index (Phi) is 2.65. The van der Waals surface area contributed by atoms with Gasteiger partial charge in [-0.1, -0.05) is 0 Å². The quantitative estimate of drug-likeness (QED) is 0.413. The summed E-state index contributed by atoms with van der Waals surface area (Å²) in [6, 6.07) is 0. The number of quaternary nitrogens is 1. The number of ether oxygens (including phenoxy) is 2. The fraction of sp³-hybridized carbons (Fsp3) is 1.00. The van der Waals surface area contributed by atoms with Crippen LogP contribution in [0.2, 0.25) is 0 Å². The molecule has 60 valence electrons. The standard InChI is InChI=1S/C7H16NO2/c1-3-10-7-8(4-5-8)6-9-2/h3-7H2,1-2H3/q+1. The molecule has 0 radical (unpaired) electrons. The zero-order valence-corrected chi connectivity index (χ0v) is 6.80. The molecule has 3 heteroatoms. The third-order valence-corrected chi connectivity index (χ3v) is 1.83. The van der Waals surface area contributed by atoms with E-state index in [9.17, 15) is 0 Å². The molecule has 10 heavy (non-hydrogen) atoms. The summed E-state index contributed by atoms with van der Waals surface area (Å²) >= 11 is 0. The van der Waals surface area contributed by atoms with E-state index < -0.39 is 0 Å². The summed E-state index contributed by atoms with van der Waals surface area (Å²) in [5, 5.41) is 0. The minimum atomic E-state index is 0.806. The van der Waals surface area contributed by atoms with Gasteiger partial charge in [0.2, 0.25) is 0 Å². The Hall–Kier alpha value is -0.120. The number of hydrogen-bond donors (Lipinski definition) is 0. The van der Waals surface area contributed by atoms with Crippen LogP contribution < -0.4 is 0 Å². The maximum atomic E-state index is 5.31. The van der Waals surface area contributed by atoms with E-state index in [-0.39, 0.29) is 0 Å². The summed E-state index contributed by atoms with van der Waals surface area (Å²) in [5.41, 5.74) is 0. The predicted octanol–water partition coefficient (Wildman–Crippen LogP) is 0.415. The summed E-state index contributed by atoms with van der Waals surface area (Å²) in [7, 11) is 1.74. The van der Waals surface area contributed by atoms with E-state index in [4.69, 9.17) is 9.47 Å². The predicted molar refractivity (Wildman–Crippen MR) is 38.4 cm³/mol. The molecule has 1 aliphatic heterocycles. The second-order valence-electron chi connectivity index (χ2n) is 2.83. The fourth-order valence-corrected chi connectivity index (χ4v) is 0.996. The van der Waals surface area contributed by atoms with Gasteiger partial charge >= 0.3 is 0 Å². The molecule has 1 saturated heterocycles. The van der Waals surface area contributed by atoms with Gasteiger partial charge in [-0.3, -0.25) is 4.48 Å². The first kappa shape index (κ1) is 7.98. The molecule has 0 amide bonds. The van der Waals surface area contributed by atoms with Crippen molar-refractivity contribution < 1.29 is 14.0 Å². The Balaban J connectivity index is 2.11. The van der Waals surface area contributed by atoms with Crippen LogP contribution >= 0.6 is 0 Å². The van der Waals surface area contributed by atoms with E-state index in [1.807, 2.05) is 6.92 Å². The van der Waals surface area contributed by atoms with Crippen LogP contribution in [0.15, 0.2) is 0 Å². The molecule has 0 spiro atoms. The Morgan fingerprint density at radius 3 is 2.40 bits per heavy atom. The molecule has 0 bridgehead atoms. The van der Waals surface area contributed by atoms with E-state index in [0.29, 0.717) is 0 Å². The summed E-state index contributed by atoms with van der Waals surface area (Å²) in [4.78, 5) is 0. The molecule has 1 rings (SSSR count). The van der Waals surface area contributed by atoms with Gasteiger partial charge in [-0.2, -0.15) is 0 Å². The van der Waals surface area contributed by atoms with Crippen molar-refractivity contribution in [1.82, 2.24) is 0 Å². The highest BCUT2D eigenvalue weighted by molar-refractivity contribution is 4.48. The van der Waals surface area contributed by atoms with Crippen molar-refractivity contribution in [3.8, 4) is 0 Å². The van der Waals surface area contributed by atoms with Gasteiger partial charge in [0.15, 0.2) is 13.5 Å². The van der Waals surface area contributed by atoms with Gasteiger partial charge < -0.3 is 9.47 Å². The summed E-state index contributed by atoms with van der Waals surface area (Å²) in [6.07, 6.45) is 0. The number of nitrogens with zero attached hydrogens (tertiary/aromatic N) is 1. The van der Waals surface area contributed by atoms with Gasteiger partial charge in [-0.15, -0.1) is 0 Å². The lowest BCUT2D eigenvalue weighted by Crippen LogP contribution is -2.30. The normalized spacial score (nSPS) is 21.0. The second-order valence-corrected chi connectivity index (χ2v) is 2.83. The molecule has 0 aromatic carbocycles. The first-order valence-electron chi connectivity index (χ1n) is 3.75. The van der Waals surface area contributed by atoms with Crippen LogP contribution in [0.4, 0.5) is 0 Å². The number of rotatable bonds is 5. The Morgan fingerprint density at radius 1 is 1.30 bits per heavy atom. The van der Waals surface area contributed by atoms with E-state index in [2.05, 4.69) is 0 Å². The minimum absolute atomic E-state index is 0.806. The Labute approximate surface area is 62.1 Å². The molecule has 3 nitrogen and oxygen atoms in total. The third kappa shape index (κ3) is 1.94. The molecule has 0 aromatic rings. The van der Waals surface area contributed by atoms with Gasteiger partial charge in [0, 0.05) is 13.7 Å². The third-order valence-electron chi connectivity index (χ3n) is 1.83. The SMILES string of the molecule is CCOC[N+]1(COC)CC1. The van der Waals surface area contributed by atoms with Crippen molar-refractivity contribution in [2.24, 2.45) is 0 Å². The Bertz CT molecular complexity index is 102. The van der Waals surface area contributed by atoms with Gasteiger partial charge in [0.1, 0.15) is 13.1 Å². The number of methoxy groups -OCH3 is 1. The van der Waals surface area contributed by atoms with Crippen molar-refractivity contribution in [1.29, 1.82) is 0 Å². The summed E-state index contributed by atoms with van der Waals surface area (Å²) < 4.78 is 11.4. The van der Waals surface area contributed by atoms with Crippen molar-refractivity contribution in [3.63, 3.8) is 0 Å². The lowest BCUT2D eigenvalue weighted by molar-refractivity contribution is -0.843. The second kappa shape index (κ2) is 3.32. The topological polar surface area (TPSA) is 18.5 Å². The zero-order valence-electron chi connectivity index (χ0n) is 6.80. The molecule has 0 saturated carbocycles. The van der Waals surface area contributed by atoms with E-state index >= 15 is 0 Å². The highest BCUT2D eigenvalue weighted by Gasteiger charge is 2.42. The van der Waals surface area contributed by atoms with Crippen LogP contribution in [0.1, 0.15) is 6.92 Å². The van der Waals surface area contributed by atoms with Crippen LogP contribution in [-0.2, 0) is 9.47 Å². The molecular weight excluding hydrogens is 130 g/mol. The molecule has 0 aromatic heterocycles. The average molecular weight is 146 g/mol. The van der Waals surface area contributed by atoms with Crippen LogP contribution in [0, 0.1) is 0 Å². The molecule has 0 unspecified atom stereocenters. The van der Waals surface area contributed by atoms with Crippen LogP contribution in [0.3, 0.4) is 0 Å². The highest BCUT2D eigenvalue weighted by atomic mass is 16.5. The Morgan fingerprint density at radius 2 is 2.00 bits per heavy atom. The maximum absolute atomic E-state index is 5.31. The maximum Gasteiger partial charge on any atom is 0.185 e. The minimum Gasteiger partial charge on any atom is -0.335 e. The van der Waals surface area contributed by atoms with Crippen molar-refractivity contribution in [2.75, 3.05) is 40.3 Å². The summed E-state index contributed by atoms with van der Waals surface area (Å²) in [5.74, 6) is 0. The summed E-state index contributed by atoms with van der Waals surface area (Å²) in [6.45, 7) is 6.89. The van der Waals surface area contributed by atoms with E-state index in [0.717, 1.165) is 24.6 Å². The molecule has 0 N–H and O–H groups in total. The monoisotopic (exact) mass is 146 g/mol. The smallest absolute Gasteiger partial charge is 0.185 e. The highest BCUT2D eigenvalue weighted by Crippen LogP contribution is 2.19. The average Bonchev–Trinajstić information content (AvgIpc) is 2.67. The van der Waals surface area contributed by atoms with Gasteiger partial charge in [0.05, 0.1) is 0 Å².